The Kier molecular flexibility index (Phi) is 5.07. The first kappa shape index (κ1) is 14.8. The maximum absolute atomic E-state index is 11.6. The zero-order chi connectivity index (χ0) is 15.1. The summed E-state index contributed by atoms with van der Waals surface area (Å²) in [5, 5.41) is 15.7. The van der Waals surface area contributed by atoms with E-state index in [0.29, 0.717) is 24.5 Å². The molecule has 6 nitrogen and oxygen atoms in total. The second-order valence-electron chi connectivity index (χ2n) is 4.39. The summed E-state index contributed by atoms with van der Waals surface area (Å²) in [4.78, 5) is 16.0. The number of nitrogens with zero attached hydrogens (tertiary/aromatic N) is 2. The van der Waals surface area contributed by atoms with Gasteiger partial charge in [-0.3, -0.25) is 4.79 Å². The van der Waals surface area contributed by atoms with E-state index in [1.807, 2.05) is 24.3 Å². The number of pyridine rings is 1. The van der Waals surface area contributed by atoms with Gasteiger partial charge in [0.1, 0.15) is 11.9 Å². The number of hydrogen-bond acceptors (Lipinski definition) is 5. The van der Waals surface area contributed by atoms with Crippen molar-refractivity contribution in [2.24, 2.45) is 0 Å². The number of amides is 1. The maximum atomic E-state index is 11.6. The van der Waals surface area contributed by atoms with Crippen LogP contribution in [0.5, 0.6) is 0 Å². The summed E-state index contributed by atoms with van der Waals surface area (Å²) in [5.74, 6) is 0.240. The lowest BCUT2D eigenvalue weighted by Crippen LogP contribution is -2.32. The summed E-state index contributed by atoms with van der Waals surface area (Å²) in [6.45, 7) is 0.973. The van der Waals surface area contributed by atoms with Gasteiger partial charge in [0.15, 0.2) is 0 Å². The molecule has 6 heteroatoms. The fourth-order valence-electron chi connectivity index (χ4n) is 1.85. The molecule has 0 aliphatic heterocycles. The molecule has 0 fully saturated rings. The number of carbonyl (C=O) groups excluding carboxylic acids is 1. The molecule has 21 heavy (non-hydrogen) atoms. The number of nitriles is 1. The number of para-hydroxylation sites is 1. The molecule has 1 aromatic carbocycles. The van der Waals surface area contributed by atoms with Crippen LogP contribution in [0, 0.1) is 11.3 Å². The Labute approximate surface area is 122 Å². The van der Waals surface area contributed by atoms with Gasteiger partial charge in [-0.15, -0.1) is 0 Å². The van der Waals surface area contributed by atoms with E-state index in [4.69, 9.17) is 10.00 Å². The lowest BCUT2D eigenvalue weighted by Gasteiger charge is -2.09. The van der Waals surface area contributed by atoms with Crippen molar-refractivity contribution < 1.29 is 9.53 Å². The summed E-state index contributed by atoms with van der Waals surface area (Å²) in [6, 6.07) is 11.4. The van der Waals surface area contributed by atoms with Crippen LogP contribution < -0.4 is 10.6 Å². The highest BCUT2D eigenvalue weighted by molar-refractivity contribution is 5.85. The van der Waals surface area contributed by atoms with Crippen molar-refractivity contribution >= 4 is 22.6 Å². The molecule has 0 aliphatic rings. The molecule has 0 atom stereocenters. The van der Waals surface area contributed by atoms with E-state index in [9.17, 15) is 4.79 Å². The predicted octanol–water partition coefficient (Wildman–Crippen LogP) is 1.28. The van der Waals surface area contributed by atoms with Crippen LogP contribution >= 0.6 is 0 Å². The number of rotatable bonds is 6. The minimum absolute atomic E-state index is 0.0593. The van der Waals surface area contributed by atoms with Crippen LogP contribution in [0.4, 0.5) is 5.82 Å². The van der Waals surface area contributed by atoms with E-state index in [-0.39, 0.29) is 12.5 Å². The number of fused-ring (bicyclic) bond motifs is 1. The number of aromatic nitrogens is 1. The first-order chi connectivity index (χ1) is 10.2. The van der Waals surface area contributed by atoms with Gasteiger partial charge in [0.25, 0.3) is 0 Å². The van der Waals surface area contributed by atoms with Gasteiger partial charge in [-0.05, 0) is 12.1 Å². The molecule has 108 valence electrons. The minimum Gasteiger partial charge on any atom is -0.383 e. The quantitative estimate of drug-likeness (QED) is 0.780. The molecular formula is C15H16N4O2. The standard InChI is InChI=1S/C15H16N4O2/c1-21-7-6-17-14(20)10-18-15-12(9-16)8-11-4-2-3-5-13(11)19-15/h2-5,8H,6-7,10H2,1H3,(H,17,20)(H,18,19). The summed E-state index contributed by atoms with van der Waals surface area (Å²) in [5.41, 5.74) is 1.19. The topological polar surface area (TPSA) is 87.0 Å². The van der Waals surface area contributed by atoms with Crippen LogP contribution in [0.15, 0.2) is 30.3 Å². The highest BCUT2D eigenvalue weighted by Gasteiger charge is 2.08. The number of nitrogens with one attached hydrogen (secondary N) is 2. The molecule has 2 N–H and O–H groups in total. The molecule has 0 bridgehead atoms. The van der Waals surface area contributed by atoms with Crippen LogP contribution in [0.3, 0.4) is 0 Å². The van der Waals surface area contributed by atoms with E-state index in [1.54, 1.807) is 13.2 Å². The number of ether oxygens (including phenoxy) is 1. The zero-order valence-electron chi connectivity index (χ0n) is 11.7. The van der Waals surface area contributed by atoms with Crippen molar-refractivity contribution in [1.82, 2.24) is 10.3 Å². The molecule has 1 heterocycles. The number of methoxy groups -OCH3 is 1. The van der Waals surface area contributed by atoms with Gasteiger partial charge in [0.05, 0.1) is 24.2 Å². The van der Waals surface area contributed by atoms with Crippen LogP contribution in [-0.2, 0) is 9.53 Å². The fourth-order valence-corrected chi connectivity index (χ4v) is 1.85. The highest BCUT2D eigenvalue weighted by Crippen LogP contribution is 2.19. The second-order valence-corrected chi connectivity index (χ2v) is 4.39. The number of carbonyl (C=O) groups is 1. The Hall–Kier alpha value is -2.65. The Morgan fingerprint density at radius 2 is 2.24 bits per heavy atom. The molecule has 2 aromatic rings. The number of hydrogen-bond donors (Lipinski definition) is 2. The van der Waals surface area contributed by atoms with Gasteiger partial charge in [-0.25, -0.2) is 4.98 Å². The number of anilines is 1. The predicted molar refractivity (Wildman–Crippen MR) is 79.8 cm³/mol. The van der Waals surface area contributed by atoms with Gasteiger partial charge < -0.3 is 15.4 Å². The average molecular weight is 284 g/mol. The van der Waals surface area contributed by atoms with Gasteiger partial charge in [0.2, 0.25) is 5.91 Å². The van der Waals surface area contributed by atoms with Crippen LogP contribution in [0.2, 0.25) is 0 Å². The first-order valence-corrected chi connectivity index (χ1v) is 6.54. The van der Waals surface area contributed by atoms with E-state index < -0.39 is 0 Å². The number of benzene rings is 1. The lowest BCUT2D eigenvalue weighted by molar-refractivity contribution is -0.119. The third-order valence-corrected chi connectivity index (χ3v) is 2.89. The molecule has 0 saturated carbocycles. The van der Waals surface area contributed by atoms with Gasteiger partial charge in [0, 0.05) is 19.0 Å². The van der Waals surface area contributed by atoms with Crippen molar-refractivity contribution in [3.05, 3.63) is 35.9 Å². The third-order valence-electron chi connectivity index (χ3n) is 2.89. The molecule has 0 saturated heterocycles. The van der Waals surface area contributed by atoms with E-state index in [2.05, 4.69) is 21.7 Å². The summed E-state index contributed by atoms with van der Waals surface area (Å²) >= 11 is 0. The summed E-state index contributed by atoms with van der Waals surface area (Å²) in [6.07, 6.45) is 0. The molecule has 0 unspecified atom stereocenters. The van der Waals surface area contributed by atoms with E-state index >= 15 is 0 Å². The lowest BCUT2D eigenvalue weighted by atomic mass is 10.1. The maximum Gasteiger partial charge on any atom is 0.239 e. The molecule has 0 spiro atoms. The van der Waals surface area contributed by atoms with Crippen LogP contribution in [0.1, 0.15) is 5.56 Å². The molecular weight excluding hydrogens is 268 g/mol. The van der Waals surface area contributed by atoms with Crippen LogP contribution in [0.25, 0.3) is 10.9 Å². The summed E-state index contributed by atoms with van der Waals surface area (Å²) in [7, 11) is 1.57. The Bertz CT molecular complexity index is 679. The van der Waals surface area contributed by atoms with Crippen molar-refractivity contribution in [1.29, 1.82) is 5.26 Å². The van der Waals surface area contributed by atoms with E-state index in [1.165, 1.54) is 0 Å². The highest BCUT2D eigenvalue weighted by atomic mass is 16.5. The summed E-state index contributed by atoms with van der Waals surface area (Å²) < 4.78 is 4.85. The monoisotopic (exact) mass is 284 g/mol. The van der Waals surface area contributed by atoms with Gasteiger partial charge in [-0.1, -0.05) is 18.2 Å². The van der Waals surface area contributed by atoms with E-state index in [0.717, 1.165) is 10.9 Å². The van der Waals surface area contributed by atoms with Crippen LogP contribution in [-0.4, -0.2) is 37.7 Å². The van der Waals surface area contributed by atoms with Crippen molar-refractivity contribution in [2.45, 2.75) is 0 Å². The average Bonchev–Trinajstić information content (AvgIpc) is 2.52. The molecule has 0 radical (unpaired) electrons. The minimum atomic E-state index is -0.175. The molecule has 1 aromatic heterocycles. The first-order valence-electron chi connectivity index (χ1n) is 6.54. The largest absolute Gasteiger partial charge is 0.383 e. The molecule has 2 rings (SSSR count). The SMILES string of the molecule is COCCNC(=O)CNc1nc2ccccc2cc1C#N. The van der Waals surface area contributed by atoms with Crippen molar-refractivity contribution in [3.8, 4) is 6.07 Å². The second kappa shape index (κ2) is 7.22. The Balaban J connectivity index is 2.07. The fraction of sp³-hybridized carbons (Fsp3) is 0.267. The third kappa shape index (κ3) is 3.91. The van der Waals surface area contributed by atoms with Crippen molar-refractivity contribution in [3.63, 3.8) is 0 Å². The molecule has 0 aliphatic carbocycles. The normalized spacial score (nSPS) is 10.1. The van der Waals surface area contributed by atoms with Crippen molar-refractivity contribution in [2.75, 3.05) is 32.1 Å². The van der Waals surface area contributed by atoms with Gasteiger partial charge >= 0.3 is 0 Å². The Morgan fingerprint density at radius 3 is 3.00 bits per heavy atom. The Morgan fingerprint density at radius 1 is 1.43 bits per heavy atom. The molecule has 1 amide bonds. The smallest absolute Gasteiger partial charge is 0.239 e. The zero-order valence-corrected chi connectivity index (χ0v) is 11.7. The van der Waals surface area contributed by atoms with Gasteiger partial charge in [-0.2, -0.15) is 5.26 Å².